The van der Waals surface area contributed by atoms with E-state index in [1.54, 1.807) is 0 Å². The number of nitrogens with zero attached hydrogens (tertiary/aromatic N) is 1. The van der Waals surface area contributed by atoms with Crippen molar-refractivity contribution in [2.45, 2.75) is 31.7 Å². The van der Waals surface area contributed by atoms with Gasteiger partial charge in [0.05, 0.1) is 5.92 Å². The number of hydrogen-bond donors (Lipinski definition) is 1. The average molecular weight is 169 g/mol. The van der Waals surface area contributed by atoms with Crippen molar-refractivity contribution in [2.24, 2.45) is 5.92 Å². The number of carboxylic acids is 1. The molecule has 0 aromatic heterocycles. The Balaban J connectivity index is 1.96. The number of aliphatic carboxylic acids is 1. The highest BCUT2D eigenvalue weighted by Gasteiger charge is 2.34. The Labute approximate surface area is 72.4 Å². The highest BCUT2D eigenvalue weighted by Crippen LogP contribution is 2.29. The molecular weight excluding hydrogens is 154 g/mol. The largest absolute Gasteiger partial charge is 0.481 e. The Kier molecular flexibility index (Phi) is 2.05. The van der Waals surface area contributed by atoms with Crippen LogP contribution in [0.4, 0.5) is 0 Å². The lowest BCUT2D eigenvalue weighted by molar-refractivity contribution is -0.143. The molecule has 0 bridgehead atoms. The lowest BCUT2D eigenvalue weighted by Gasteiger charge is -2.32. The van der Waals surface area contributed by atoms with Crippen LogP contribution in [-0.4, -0.2) is 35.1 Å². The first-order valence-electron chi connectivity index (χ1n) is 4.74. The van der Waals surface area contributed by atoms with Gasteiger partial charge >= 0.3 is 5.97 Å². The highest BCUT2D eigenvalue weighted by molar-refractivity contribution is 5.70. The van der Waals surface area contributed by atoms with Crippen molar-refractivity contribution in [1.29, 1.82) is 0 Å². The average Bonchev–Trinajstić information content (AvgIpc) is 2.49. The van der Waals surface area contributed by atoms with E-state index in [0.29, 0.717) is 6.04 Å². The zero-order chi connectivity index (χ0) is 8.55. The van der Waals surface area contributed by atoms with Crippen LogP contribution < -0.4 is 0 Å². The molecule has 2 atom stereocenters. The molecule has 3 heteroatoms. The van der Waals surface area contributed by atoms with Gasteiger partial charge in [-0.25, -0.2) is 0 Å². The maximum absolute atomic E-state index is 10.7. The third-order valence-electron chi connectivity index (χ3n) is 3.15. The molecule has 0 radical (unpaired) electrons. The summed E-state index contributed by atoms with van der Waals surface area (Å²) in [6.07, 6.45) is 4.52. The standard InChI is InChI=1S/C9H15NO2/c11-9(12)7-3-4-8-2-1-5-10(8)6-7/h7-8H,1-6H2,(H,11,12)/t7-,8-/m0/s1. The summed E-state index contributed by atoms with van der Waals surface area (Å²) in [6.45, 7) is 1.91. The monoisotopic (exact) mass is 169 g/mol. The van der Waals surface area contributed by atoms with Gasteiger partial charge < -0.3 is 5.11 Å². The lowest BCUT2D eigenvalue weighted by Crippen LogP contribution is -2.41. The van der Waals surface area contributed by atoms with Gasteiger partial charge in [-0.15, -0.1) is 0 Å². The summed E-state index contributed by atoms with van der Waals surface area (Å²) >= 11 is 0. The lowest BCUT2D eigenvalue weighted by atomic mass is 9.93. The number of rotatable bonds is 1. The van der Waals surface area contributed by atoms with E-state index in [1.165, 1.54) is 12.8 Å². The van der Waals surface area contributed by atoms with Gasteiger partial charge in [0, 0.05) is 12.6 Å². The fourth-order valence-corrected chi connectivity index (χ4v) is 2.43. The van der Waals surface area contributed by atoms with Gasteiger partial charge in [0.25, 0.3) is 0 Å². The van der Waals surface area contributed by atoms with Crippen molar-refractivity contribution < 1.29 is 9.90 Å². The minimum absolute atomic E-state index is 0.0978. The van der Waals surface area contributed by atoms with Gasteiger partial charge in [0.15, 0.2) is 0 Å². The van der Waals surface area contributed by atoms with Crippen LogP contribution in [0.3, 0.4) is 0 Å². The maximum atomic E-state index is 10.7. The summed E-state index contributed by atoms with van der Waals surface area (Å²) in [6, 6.07) is 0.709. The van der Waals surface area contributed by atoms with Crippen LogP contribution in [-0.2, 0) is 4.79 Å². The minimum Gasteiger partial charge on any atom is -0.481 e. The van der Waals surface area contributed by atoms with E-state index < -0.39 is 5.97 Å². The fourth-order valence-electron chi connectivity index (χ4n) is 2.43. The first-order chi connectivity index (χ1) is 5.77. The first-order valence-corrected chi connectivity index (χ1v) is 4.74. The molecule has 2 heterocycles. The molecule has 1 N–H and O–H groups in total. The molecule has 2 saturated heterocycles. The molecule has 2 rings (SSSR count). The molecule has 2 aliphatic heterocycles. The Morgan fingerprint density at radius 2 is 2.17 bits per heavy atom. The van der Waals surface area contributed by atoms with Crippen LogP contribution in [0.1, 0.15) is 25.7 Å². The van der Waals surface area contributed by atoms with E-state index >= 15 is 0 Å². The quantitative estimate of drug-likeness (QED) is 0.635. The van der Waals surface area contributed by atoms with Crippen molar-refractivity contribution in [1.82, 2.24) is 4.90 Å². The zero-order valence-corrected chi connectivity index (χ0v) is 7.20. The predicted molar refractivity (Wildman–Crippen MR) is 45.0 cm³/mol. The Bertz CT molecular complexity index is 193. The van der Waals surface area contributed by atoms with E-state index in [4.69, 9.17) is 5.11 Å². The molecule has 0 unspecified atom stereocenters. The summed E-state index contributed by atoms with van der Waals surface area (Å²) in [4.78, 5) is 13.1. The third-order valence-corrected chi connectivity index (χ3v) is 3.15. The van der Waals surface area contributed by atoms with Gasteiger partial charge in [-0.2, -0.15) is 0 Å². The molecule has 2 aliphatic rings. The number of carbonyl (C=O) groups is 1. The summed E-state index contributed by atoms with van der Waals surface area (Å²) < 4.78 is 0. The summed E-state index contributed by atoms with van der Waals surface area (Å²) in [7, 11) is 0. The molecule has 0 aromatic rings. The molecule has 0 aromatic carbocycles. The van der Waals surface area contributed by atoms with Crippen LogP contribution in [0.25, 0.3) is 0 Å². The van der Waals surface area contributed by atoms with Crippen molar-refractivity contribution >= 4 is 5.97 Å². The van der Waals surface area contributed by atoms with E-state index in [-0.39, 0.29) is 5.92 Å². The van der Waals surface area contributed by atoms with Gasteiger partial charge in [0.2, 0.25) is 0 Å². The van der Waals surface area contributed by atoms with Gasteiger partial charge in [-0.05, 0) is 32.2 Å². The molecule has 0 spiro atoms. The van der Waals surface area contributed by atoms with Crippen LogP contribution in [0, 0.1) is 5.92 Å². The Morgan fingerprint density at radius 3 is 2.92 bits per heavy atom. The topological polar surface area (TPSA) is 40.5 Å². The number of piperidine rings is 1. The molecule has 0 amide bonds. The smallest absolute Gasteiger partial charge is 0.307 e. The van der Waals surface area contributed by atoms with E-state index in [2.05, 4.69) is 4.90 Å². The highest BCUT2D eigenvalue weighted by atomic mass is 16.4. The van der Waals surface area contributed by atoms with Crippen LogP contribution in [0.5, 0.6) is 0 Å². The van der Waals surface area contributed by atoms with Crippen molar-refractivity contribution in [3.63, 3.8) is 0 Å². The SMILES string of the molecule is O=C(O)[C@H]1CC[C@@H]2CCCN2C1. The van der Waals surface area contributed by atoms with E-state index in [9.17, 15) is 4.79 Å². The predicted octanol–water partition coefficient (Wildman–Crippen LogP) is 0.945. The third kappa shape index (κ3) is 1.33. The summed E-state index contributed by atoms with van der Waals surface area (Å²) in [5, 5.41) is 8.83. The molecule has 0 saturated carbocycles. The number of hydrogen-bond acceptors (Lipinski definition) is 2. The fraction of sp³-hybridized carbons (Fsp3) is 0.889. The van der Waals surface area contributed by atoms with E-state index in [0.717, 1.165) is 25.9 Å². The number of carboxylic acid groups (broad SMARTS) is 1. The molecule has 0 aliphatic carbocycles. The van der Waals surface area contributed by atoms with Gasteiger partial charge in [-0.1, -0.05) is 0 Å². The second-order valence-electron chi connectivity index (χ2n) is 3.90. The summed E-state index contributed by atoms with van der Waals surface area (Å²) in [5.74, 6) is -0.709. The van der Waals surface area contributed by atoms with Crippen molar-refractivity contribution in [2.75, 3.05) is 13.1 Å². The minimum atomic E-state index is -0.611. The summed E-state index contributed by atoms with van der Waals surface area (Å²) in [5.41, 5.74) is 0. The Morgan fingerprint density at radius 1 is 1.33 bits per heavy atom. The number of fused-ring (bicyclic) bond motifs is 1. The second-order valence-corrected chi connectivity index (χ2v) is 3.90. The Hall–Kier alpha value is -0.570. The molecular formula is C9H15NO2. The zero-order valence-electron chi connectivity index (χ0n) is 7.20. The maximum Gasteiger partial charge on any atom is 0.307 e. The van der Waals surface area contributed by atoms with Crippen LogP contribution >= 0.6 is 0 Å². The van der Waals surface area contributed by atoms with Crippen LogP contribution in [0.2, 0.25) is 0 Å². The van der Waals surface area contributed by atoms with Gasteiger partial charge in [0.1, 0.15) is 0 Å². The van der Waals surface area contributed by atoms with Crippen molar-refractivity contribution in [3.8, 4) is 0 Å². The molecule has 68 valence electrons. The molecule has 2 fully saturated rings. The second kappa shape index (κ2) is 3.05. The van der Waals surface area contributed by atoms with Gasteiger partial charge in [-0.3, -0.25) is 9.69 Å². The molecule has 12 heavy (non-hydrogen) atoms. The first kappa shape index (κ1) is 8.05. The van der Waals surface area contributed by atoms with Crippen LogP contribution in [0.15, 0.2) is 0 Å². The van der Waals surface area contributed by atoms with Crippen molar-refractivity contribution in [3.05, 3.63) is 0 Å². The molecule has 3 nitrogen and oxygen atoms in total. The normalized spacial score (nSPS) is 36.3. The van der Waals surface area contributed by atoms with E-state index in [1.807, 2.05) is 0 Å².